The maximum Gasteiger partial charge on any atom is 0.229 e. The second kappa shape index (κ2) is 11.0. The molecule has 2 aliphatic rings. The summed E-state index contributed by atoms with van der Waals surface area (Å²) in [6, 6.07) is 6.10. The Balaban J connectivity index is 1.68. The number of hydrogen-bond donors (Lipinski definition) is 8. The minimum atomic E-state index is -1.75. The Morgan fingerprint density at radius 1 is 0.848 bits per heavy atom. The third-order valence-electron chi connectivity index (χ3n) is 5.39. The van der Waals surface area contributed by atoms with Crippen molar-refractivity contribution >= 4 is 11.6 Å². The number of nitrogens with one attached hydrogen (secondary N) is 1. The molecule has 186 valence electrons. The maximum atomic E-state index is 11.1. The van der Waals surface area contributed by atoms with Gasteiger partial charge in [0, 0.05) is 12.6 Å². The van der Waals surface area contributed by atoms with Crippen LogP contribution in [0.4, 0.5) is 5.69 Å². The van der Waals surface area contributed by atoms with E-state index in [1.165, 1.54) is 19.1 Å². The highest BCUT2D eigenvalue weighted by atomic mass is 16.7. The molecule has 1 aromatic carbocycles. The number of anilines is 1. The van der Waals surface area contributed by atoms with Crippen molar-refractivity contribution in [3.05, 3.63) is 24.3 Å². The molecule has 0 aromatic heterocycles. The van der Waals surface area contributed by atoms with E-state index < -0.39 is 74.6 Å². The van der Waals surface area contributed by atoms with Crippen molar-refractivity contribution in [1.82, 2.24) is 0 Å². The average Bonchev–Trinajstić information content (AvgIpc) is 2.79. The molecule has 0 radical (unpaired) electrons. The topological polar surface area (TPSA) is 208 Å². The fraction of sp³-hybridized carbons (Fsp3) is 0.650. The molecule has 2 saturated heterocycles. The van der Waals surface area contributed by atoms with Gasteiger partial charge in [0.05, 0.1) is 13.2 Å². The average molecular weight is 475 g/mol. The highest BCUT2D eigenvalue weighted by Gasteiger charge is 2.51. The van der Waals surface area contributed by atoms with Crippen molar-refractivity contribution in [2.24, 2.45) is 0 Å². The van der Waals surface area contributed by atoms with E-state index in [9.17, 15) is 40.5 Å². The zero-order valence-electron chi connectivity index (χ0n) is 17.7. The minimum absolute atomic E-state index is 0.241. The van der Waals surface area contributed by atoms with Crippen LogP contribution >= 0.6 is 0 Å². The number of amides is 1. The standard InChI is InChI=1S/C20H29NO12/c1-8(24)21-9-2-4-10(5-3-9)30-19-17(29)15(27)18(12(7-23)32-19)33-20-16(28)14(26)13(25)11(6-22)31-20/h2-5,11-20,22-23,25-29H,6-7H2,1H3,(H,21,24)/t11-,12-,13+,14+,15?,16-,17+,18-,19+,20+/m1/s1. The summed E-state index contributed by atoms with van der Waals surface area (Å²) in [5, 5.41) is 72.6. The predicted octanol–water partition coefficient (Wildman–Crippen LogP) is -3.35. The smallest absolute Gasteiger partial charge is 0.229 e. The van der Waals surface area contributed by atoms with E-state index >= 15 is 0 Å². The normalized spacial score (nSPS) is 39.2. The van der Waals surface area contributed by atoms with E-state index in [0.29, 0.717) is 5.69 Å². The van der Waals surface area contributed by atoms with Gasteiger partial charge >= 0.3 is 0 Å². The van der Waals surface area contributed by atoms with Crippen LogP contribution in [-0.2, 0) is 19.0 Å². The van der Waals surface area contributed by atoms with E-state index in [1.807, 2.05) is 0 Å². The quantitative estimate of drug-likeness (QED) is 0.195. The molecule has 8 N–H and O–H groups in total. The Kier molecular flexibility index (Phi) is 8.58. The number of aliphatic hydroxyl groups excluding tert-OH is 7. The second-order valence-electron chi connectivity index (χ2n) is 7.83. The van der Waals surface area contributed by atoms with Gasteiger partial charge in [0.2, 0.25) is 12.2 Å². The molecule has 3 rings (SSSR count). The Morgan fingerprint density at radius 2 is 1.42 bits per heavy atom. The molecule has 2 heterocycles. The van der Waals surface area contributed by atoms with Crippen LogP contribution in [0.2, 0.25) is 0 Å². The monoisotopic (exact) mass is 475 g/mol. The predicted molar refractivity (Wildman–Crippen MR) is 108 cm³/mol. The number of ether oxygens (including phenoxy) is 4. The molecule has 0 bridgehead atoms. The maximum absolute atomic E-state index is 11.1. The summed E-state index contributed by atoms with van der Waals surface area (Å²) in [6.07, 6.45) is -15.3. The SMILES string of the molecule is CC(=O)Nc1ccc(O[C@H]2O[C@H](CO)[C@@H](O[C@@H]3O[C@H](CO)[C@H](O)[C@H](O)[C@H]3O)C(O)[C@@H]2O)cc1. The van der Waals surface area contributed by atoms with Gasteiger partial charge in [-0.15, -0.1) is 0 Å². The Bertz CT molecular complexity index is 775. The molecule has 13 heteroatoms. The molecular formula is C20H29NO12. The molecule has 0 saturated carbocycles. The summed E-state index contributed by atoms with van der Waals surface area (Å²) in [4.78, 5) is 11.1. The molecule has 13 nitrogen and oxygen atoms in total. The van der Waals surface area contributed by atoms with Crippen LogP contribution < -0.4 is 10.1 Å². The van der Waals surface area contributed by atoms with Gasteiger partial charge in [0.25, 0.3) is 0 Å². The largest absolute Gasteiger partial charge is 0.462 e. The number of hydrogen-bond acceptors (Lipinski definition) is 12. The first-order chi connectivity index (χ1) is 15.7. The van der Waals surface area contributed by atoms with Crippen LogP contribution in [0.15, 0.2) is 24.3 Å². The second-order valence-corrected chi connectivity index (χ2v) is 7.83. The molecule has 2 fully saturated rings. The first-order valence-corrected chi connectivity index (χ1v) is 10.3. The molecular weight excluding hydrogens is 446 g/mol. The van der Waals surface area contributed by atoms with Crippen LogP contribution in [0.1, 0.15) is 6.92 Å². The van der Waals surface area contributed by atoms with Gasteiger partial charge in [-0.2, -0.15) is 0 Å². The summed E-state index contributed by atoms with van der Waals surface area (Å²) < 4.78 is 21.8. The molecule has 0 aliphatic carbocycles. The Hall–Kier alpha value is -1.91. The fourth-order valence-corrected chi connectivity index (χ4v) is 3.61. The highest BCUT2D eigenvalue weighted by Crippen LogP contribution is 2.30. The molecule has 1 amide bonds. The first kappa shape index (κ1) is 25.7. The van der Waals surface area contributed by atoms with Crippen molar-refractivity contribution < 1.29 is 59.5 Å². The molecule has 10 atom stereocenters. The number of carbonyl (C=O) groups is 1. The lowest BCUT2D eigenvalue weighted by molar-refractivity contribution is -0.352. The van der Waals surface area contributed by atoms with Gasteiger partial charge in [0.1, 0.15) is 54.6 Å². The zero-order valence-corrected chi connectivity index (χ0v) is 17.7. The van der Waals surface area contributed by atoms with Gasteiger partial charge < -0.3 is 60.0 Å². The third-order valence-corrected chi connectivity index (χ3v) is 5.39. The van der Waals surface area contributed by atoms with Crippen LogP contribution in [-0.4, -0.2) is 116 Å². The van der Waals surface area contributed by atoms with Gasteiger partial charge in [-0.3, -0.25) is 4.79 Å². The minimum Gasteiger partial charge on any atom is -0.462 e. The summed E-state index contributed by atoms with van der Waals surface area (Å²) in [7, 11) is 0. The molecule has 33 heavy (non-hydrogen) atoms. The van der Waals surface area contributed by atoms with Gasteiger partial charge in [-0.25, -0.2) is 0 Å². The zero-order chi connectivity index (χ0) is 24.3. The number of rotatable bonds is 7. The summed E-state index contributed by atoms with van der Waals surface area (Å²) in [5.41, 5.74) is 0.515. The molecule has 2 aliphatic heterocycles. The molecule has 1 unspecified atom stereocenters. The fourth-order valence-electron chi connectivity index (χ4n) is 3.61. The lowest BCUT2D eigenvalue weighted by Gasteiger charge is -2.45. The summed E-state index contributed by atoms with van der Waals surface area (Å²) >= 11 is 0. The van der Waals surface area contributed by atoms with Crippen LogP contribution in [0, 0.1) is 0 Å². The van der Waals surface area contributed by atoms with Crippen LogP contribution in [0.25, 0.3) is 0 Å². The Labute approximate surface area is 188 Å². The van der Waals surface area contributed by atoms with Crippen molar-refractivity contribution in [3.8, 4) is 5.75 Å². The van der Waals surface area contributed by atoms with E-state index in [2.05, 4.69) is 5.32 Å². The first-order valence-electron chi connectivity index (χ1n) is 10.3. The van der Waals surface area contributed by atoms with E-state index in [1.54, 1.807) is 12.1 Å². The van der Waals surface area contributed by atoms with E-state index in [0.717, 1.165) is 0 Å². The number of carbonyl (C=O) groups excluding carboxylic acids is 1. The van der Waals surface area contributed by atoms with Crippen molar-refractivity contribution in [2.75, 3.05) is 18.5 Å². The third kappa shape index (κ3) is 5.78. The van der Waals surface area contributed by atoms with E-state index in [-0.39, 0.29) is 11.7 Å². The van der Waals surface area contributed by atoms with Crippen LogP contribution in [0.5, 0.6) is 5.75 Å². The number of benzene rings is 1. The number of aliphatic hydroxyl groups is 7. The van der Waals surface area contributed by atoms with Gasteiger partial charge in [0.15, 0.2) is 6.29 Å². The lowest BCUT2D eigenvalue weighted by atomic mass is 9.97. The van der Waals surface area contributed by atoms with Gasteiger partial charge in [-0.05, 0) is 24.3 Å². The van der Waals surface area contributed by atoms with Crippen molar-refractivity contribution in [2.45, 2.75) is 68.3 Å². The Morgan fingerprint density at radius 3 is 2.00 bits per heavy atom. The lowest BCUT2D eigenvalue weighted by Crippen LogP contribution is -2.65. The molecule has 1 aromatic rings. The summed E-state index contributed by atoms with van der Waals surface area (Å²) in [6.45, 7) is 0.000118. The molecule has 0 spiro atoms. The van der Waals surface area contributed by atoms with Crippen LogP contribution in [0.3, 0.4) is 0 Å². The van der Waals surface area contributed by atoms with Crippen molar-refractivity contribution in [1.29, 1.82) is 0 Å². The van der Waals surface area contributed by atoms with E-state index in [4.69, 9.17) is 18.9 Å². The highest BCUT2D eigenvalue weighted by molar-refractivity contribution is 5.88. The van der Waals surface area contributed by atoms with Crippen molar-refractivity contribution in [3.63, 3.8) is 0 Å². The summed E-state index contributed by atoms with van der Waals surface area (Å²) in [5.74, 6) is -0.0144. The van der Waals surface area contributed by atoms with Gasteiger partial charge in [-0.1, -0.05) is 0 Å².